The van der Waals surface area contributed by atoms with E-state index in [0.29, 0.717) is 6.04 Å². The molecule has 0 bridgehead atoms. The molecule has 4 atom stereocenters. The highest BCUT2D eigenvalue weighted by molar-refractivity contribution is 5.22. The summed E-state index contributed by atoms with van der Waals surface area (Å²) in [5.74, 6) is 1.60. The average Bonchev–Trinajstić information content (AvgIpc) is 2.51. The molecule has 0 heterocycles. The smallest absolute Gasteiger partial charge is 0.0138 e. The summed E-state index contributed by atoms with van der Waals surface area (Å²) in [5, 5.41) is 4.06. The number of rotatable bonds is 3. The van der Waals surface area contributed by atoms with Gasteiger partial charge >= 0.3 is 0 Å². The Morgan fingerprint density at radius 1 is 0.800 bits per heavy atom. The molecule has 1 aromatic rings. The van der Waals surface area contributed by atoms with Crippen molar-refractivity contribution in [2.45, 2.75) is 76.3 Å². The summed E-state index contributed by atoms with van der Waals surface area (Å²) in [6, 6.07) is 12.7. The van der Waals surface area contributed by atoms with Gasteiger partial charge in [0.1, 0.15) is 0 Å². The maximum atomic E-state index is 4.06. The van der Waals surface area contributed by atoms with Crippen LogP contribution in [0.25, 0.3) is 0 Å². The highest BCUT2D eigenvalue weighted by atomic mass is 15.0. The Hall–Kier alpha value is -0.820. The Morgan fingerprint density at radius 2 is 1.45 bits per heavy atom. The Balaban J connectivity index is 1.69. The van der Waals surface area contributed by atoms with E-state index < -0.39 is 0 Å². The van der Waals surface area contributed by atoms with Crippen LogP contribution in [0, 0.1) is 5.92 Å². The first-order chi connectivity index (χ1) is 9.84. The highest BCUT2D eigenvalue weighted by Crippen LogP contribution is 2.35. The van der Waals surface area contributed by atoms with Crippen molar-refractivity contribution in [3.8, 4) is 0 Å². The lowest BCUT2D eigenvalue weighted by atomic mass is 9.78. The van der Waals surface area contributed by atoms with Crippen molar-refractivity contribution in [1.29, 1.82) is 0 Å². The summed E-state index contributed by atoms with van der Waals surface area (Å²) in [5.41, 5.74) is 1.55. The maximum Gasteiger partial charge on any atom is 0.0138 e. The number of nitrogens with one attached hydrogen (secondary N) is 1. The van der Waals surface area contributed by atoms with Crippen LogP contribution in [-0.2, 0) is 0 Å². The molecular formula is C19H29N. The van der Waals surface area contributed by atoms with Gasteiger partial charge in [-0.05, 0) is 43.1 Å². The van der Waals surface area contributed by atoms with Crippen LogP contribution in [0.5, 0.6) is 0 Å². The Morgan fingerprint density at radius 3 is 2.20 bits per heavy atom. The first-order valence-electron chi connectivity index (χ1n) is 8.65. The molecule has 0 amide bonds. The topological polar surface area (TPSA) is 12.0 Å². The van der Waals surface area contributed by atoms with Gasteiger partial charge < -0.3 is 5.32 Å². The predicted molar refractivity (Wildman–Crippen MR) is 86.0 cm³/mol. The number of hydrogen-bond donors (Lipinski definition) is 1. The fourth-order valence-electron chi connectivity index (χ4n) is 4.27. The van der Waals surface area contributed by atoms with Gasteiger partial charge in [0.2, 0.25) is 0 Å². The quantitative estimate of drug-likeness (QED) is 0.826. The van der Waals surface area contributed by atoms with E-state index in [-0.39, 0.29) is 0 Å². The van der Waals surface area contributed by atoms with Gasteiger partial charge in [-0.3, -0.25) is 0 Å². The lowest BCUT2D eigenvalue weighted by Gasteiger charge is -2.39. The summed E-state index contributed by atoms with van der Waals surface area (Å²) in [4.78, 5) is 0. The molecule has 2 saturated carbocycles. The fraction of sp³-hybridized carbons (Fsp3) is 0.684. The van der Waals surface area contributed by atoms with E-state index in [1.165, 1.54) is 51.4 Å². The van der Waals surface area contributed by atoms with Gasteiger partial charge in [-0.2, -0.15) is 0 Å². The third-order valence-electron chi connectivity index (χ3n) is 5.53. The highest BCUT2D eigenvalue weighted by Gasteiger charge is 2.30. The van der Waals surface area contributed by atoms with Crippen LogP contribution < -0.4 is 5.32 Å². The summed E-state index contributed by atoms with van der Waals surface area (Å²) in [7, 11) is 0. The molecule has 0 aromatic heterocycles. The summed E-state index contributed by atoms with van der Waals surface area (Å²) in [6.07, 6.45) is 11.2. The molecule has 1 nitrogen and oxygen atoms in total. The average molecular weight is 271 g/mol. The zero-order chi connectivity index (χ0) is 13.8. The van der Waals surface area contributed by atoms with E-state index in [9.17, 15) is 0 Å². The number of hydrogen-bond acceptors (Lipinski definition) is 1. The van der Waals surface area contributed by atoms with Crippen LogP contribution in [0.15, 0.2) is 30.3 Å². The second-order valence-corrected chi connectivity index (χ2v) is 6.94. The summed E-state index contributed by atoms with van der Waals surface area (Å²) in [6.45, 7) is 2.44. The Bertz CT molecular complexity index is 399. The molecule has 4 unspecified atom stereocenters. The monoisotopic (exact) mass is 271 g/mol. The van der Waals surface area contributed by atoms with Crippen LogP contribution in [0.2, 0.25) is 0 Å². The maximum absolute atomic E-state index is 4.06. The first kappa shape index (κ1) is 14.1. The van der Waals surface area contributed by atoms with Crippen LogP contribution in [0.1, 0.15) is 69.8 Å². The van der Waals surface area contributed by atoms with Crippen molar-refractivity contribution in [1.82, 2.24) is 5.32 Å². The van der Waals surface area contributed by atoms with Crippen molar-refractivity contribution >= 4 is 0 Å². The summed E-state index contributed by atoms with van der Waals surface area (Å²) < 4.78 is 0. The van der Waals surface area contributed by atoms with Crippen molar-refractivity contribution in [3.63, 3.8) is 0 Å². The Kier molecular flexibility index (Phi) is 4.77. The van der Waals surface area contributed by atoms with E-state index >= 15 is 0 Å². The minimum Gasteiger partial charge on any atom is -0.310 e. The zero-order valence-electron chi connectivity index (χ0n) is 12.9. The lowest BCUT2D eigenvalue weighted by Crippen LogP contribution is -2.47. The van der Waals surface area contributed by atoms with Crippen LogP contribution in [0.3, 0.4) is 0 Å². The van der Waals surface area contributed by atoms with Gasteiger partial charge in [-0.15, -0.1) is 0 Å². The minimum atomic E-state index is 0.705. The standard InChI is InChI=1S/C19H29N/c1-15-9-5-7-13-18(15)20-19-14-8-6-12-17(19)16-10-3-2-4-11-16/h2-4,10-11,15,17-20H,5-9,12-14H2,1H3. The molecule has 20 heavy (non-hydrogen) atoms. The second kappa shape index (κ2) is 6.76. The van der Waals surface area contributed by atoms with Crippen LogP contribution in [0.4, 0.5) is 0 Å². The SMILES string of the molecule is CC1CCCCC1NC1CCCCC1c1ccccc1. The number of benzene rings is 1. The molecule has 110 valence electrons. The van der Waals surface area contributed by atoms with Crippen molar-refractivity contribution in [3.05, 3.63) is 35.9 Å². The Labute approximate surface area is 124 Å². The minimum absolute atomic E-state index is 0.705. The normalized spacial score (nSPS) is 34.9. The van der Waals surface area contributed by atoms with Crippen molar-refractivity contribution < 1.29 is 0 Å². The largest absolute Gasteiger partial charge is 0.310 e. The van der Waals surface area contributed by atoms with E-state index in [1.54, 1.807) is 5.56 Å². The van der Waals surface area contributed by atoms with E-state index in [0.717, 1.165) is 17.9 Å². The van der Waals surface area contributed by atoms with Gasteiger partial charge in [0.15, 0.2) is 0 Å². The van der Waals surface area contributed by atoms with Gasteiger partial charge in [0, 0.05) is 12.1 Å². The van der Waals surface area contributed by atoms with Gasteiger partial charge in [0.25, 0.3) is 0 Å². The molecule has 0 aliphatic heterocycles. The van der Waals surface area contributed by atoms with Crippen LogP contribution >= 0.6 is 0 Å². The molecule has 1 N–H and O–H groups in total. The van der Waals surface area contributed by atoms with Crippen molar-refractivity contribution in [2.75, 3.05) is 0 Å². The zero-order valence-corrected chi connectivity index (χ0v) is 12.9. The molecule has 0 radical (unpaired) electrons. The van der Waals surface area contributed by atoms with Gasteiger partial charge in [-0.25, -0.2) is 0 Å². The first-order valence-corrected chi connectivity index (χ1v) is 8.65. The molecule has 0 spiro atoms. The molecule has 0 saturated heterocycles. The predicted octanol–water partition coefficient (Wildman–Crippen LogP) is 4.88. The van der Waals surface area contributed by atoms with Crippen LogP contribution in [-0.4, -0.2) is 12.1 Å². The fourth-order valence-corrected chi connectivity index (χ4v) is 4.27. The van der Waals surface area contributed by atoms with E-state index in [2.05, 4.69) is 42.6 Å². The van der Waals surface area contributed by atoms with Crippen molar-refractivity contribution in [2.24, 2.45) is 5.92 Å². The lowest BCUT2D eigenvalue weighted by molar-refractivity contribution is 0.220. The molecule has 2 fully saturated rings. The molecule has 1 aromatic carbocycles. The van der Waals surface area contributed by atoms with E-state index in [4.69, 9.17) is 0 Å². The third-order valence-corrected chi connectivity index (χ3v) is 5.53. The second-order valence-electron chi connectivity index (χ2n) is 6.94. The molecule has 1 heteroatoms. The van der Waals surface area contributed by atoms with E-state index in [1.807, 2.05) is 0 Å². The molecule has 2 aliphatic carbocycles. The molecular weight excluding hydrogens is 242 g/mol. The van der Waals surface area contributed by atoms with Gasteiger partial charge in [0.05, 0.1) is 0 Å². The molecule has 2 aliphatic rings. The van der Waals surface area contributed by atoms with Gasteiger partial charge in [-0.1, -0.05) is 62.9 Å². The summed E-state index contributed by atoms with van der Waals surface area (Å²) >= 11 is 0. The third kappa shape index (κ3) is 3.25. The molecule has 3 rings (SSSR count).